The quantitative estimate of drug-likeness (QED) is 0.431. The maximum Gasteiger partial charge on any atom is 0.175 e. The molecular weight excluding hydrogens is 318 g/mol. The number of aryl methyl sites for hydroxylation is 1. The number of H-pyrrole nitrogens is 1. The number of ketones is 1. The van der Waals surface area contributed by atoms with Gasteiger partial charge >= 0.3 is 0 Å². The summed E-state index contributed by atoms with van der Waals surface area (Å²) in [6.45, 7) is 2.93. The molecule has 0 amide bonds. The molecule has 0 unspecified atom stereocenters. The van der Waals surface area contributed by atoms with E-state index in [9.17, 15) is 4.79 Å². The van der Waals surface area contributed by atoms with E-state index in [2.05, 4.69) is 27.5 Å². The van der Waals surface area contributed by atoms with E-state index in [0.717, 1.165) is 39.2 Å². The van der Waals surface area contributed by atoms with E-state index < -0.39 is 0 Å². The second kappa shape index (κ2) is 6.17. The number of rotatable bonds is 5. The molecule has 0 bridgehead atoms. The predicted molar refractivity (Wildman–Crippen MR) is 98.8 cm³/mol. The number of para-hydroxylation sites is 3. The number of aromatic amines is 1. The van der Waals surface area contributed by atoms with E-state index in [4.69, 9.17) is 0 Å². The van der Waals surface area contributed by atoms with Crippen LogP contribution in [0.5, 0.6) is 0 Å². The first-order chi connectivity index (χ1) is 11.8. The molecule has 2 aromatic heterocycles. The molecule has 2 heterocycles. The summed E-state index contributed by atoms with van der Waals surface area (Å²) >= 11 is 1.50. The maximum absolute atomic E-state index is 12.6. The van der Waals surface area contributed by atoms with Gasteiger partial charge in [-0.2, -0.15) is 0 Å². The normalized spacial score (nSPS) is 11.4. The van der Waals surface area contributed by atoms with Gasteiger partial charge in [0.15, 0.2) is 10.9 Å². The Balaban J connectivity index is 1.60. The van der Waals surface area contributed by atoms with Crippen LogP contribution in [0, 0.1) is 0 Å². The van der Waals surface area contributed by atoms with Crippen molar-refractivity contribution in [3.8, 4) is 0 Å². The third-order valence-corrected chi connectivity index (χ3v) is 5.13. The number of carbonyl (C=O) groups is 1. The summed E-state index contributed by atoms with van der Waals surface area (Å²) in [5, 5.41) is 1.87. The van der Waals surface area contributed by atoms with Crippen LogP contribution in [-0.4, -0.2) is 26.1 Å². The van der Waals surface area contributed by atoms with Crippen LogP contribution in [0.3, 0.4) is 0 Å². The van der Waals surface area contributed by atoms with Crippen LogP contribution >= 0.6 is 11.8 Å². The van der Waals surface area contributed by atoms with Gasteiger partial charge in [0.25, 0.3) is 0 Å². The van der Waals surface area contributed by atoms with Gasteiger partial charge in [0.1, 0.15) is 0 Å². The van der Waals surface area contributed by atoms with Crippen molar-refractivity contribution in [2.24, 2.45) is 0 Å². The third kappa shape index (κ3) is 2.51. The monoisotopic (exact) mass is 335 g/mol. The number of hydrogen-bond acceptors (Lipinski definition) is 3. The van der Waals surface area contributed by atoms with Gasteiger partial charge < -0.3 is 9.55 Å². The molecule has 1 N–H and O–H groups in total. The first-order valence-electron chi connectivity index (χ1n) is 7.95. The maximum atomic E-state index is 12.6. The Hall–Kier alpha value is -2.53. The Kier molecular flexibility index (Phi) is 3.86. The Labute approximate surface area is 143 Å². The Morgan fingerprint density at radius 1 is 1.17 bits per heavy atom. The van der Waals surface area contributed by atoms with Crippen molar-refractivity contribution in [2.75, 3.05) is 5.75 Å². The van der Waals surface area contributed by atoms with Crippen LogP contribution in [0.4, 0.5) is 0 Å². The largest absolute Gasteiger partial charge is 0.360 e. The number of hydrogen-bond donors (Lipinski definition) is 1. The number of thioether (sulfide) groups is 1. The van der Waals surface area contributed by atoms with Crippen LogP contribution in [0.2, 0.25) is 0 Å². The molecular formula is C19H17N3OS. The van der Waals surface area contributed by atoms with Crippen molar-refractivity contribution >= 4 is 39.5 Å². The number of imidazole rings is 1. The highest BCUT2D eigenvalue weighted by molar-refractivity contribution is 7.99. The van der Waals surface area contributed by atoms with Crippen LogP contribution < -0.4 is 0 Å². The fourth-order valence-electron chi connectivity index (χ4n) is 2.98. The molecule has 0 atom stereocenters. The number of Topliss-reactive ketones (excluding diaryl/α,β-unsaturated/α-hetero) is 1. The van der Waals surface area contributed by atoms with Gasteiger partial charge in [0.05, 0.1) is 16.8 Å². The van der Waals surface area contributed by atoms with Gasteiger partial charge in [-0.1, -0.05) is 42.1 Å². The smallest absolute Gasteiger partial charge is 0.175 e. The Bertz CT molecular complexity index is 1030. The van der Waals surface area contributed by atoms with Crippen LogP contribution in [0.1, 0.15) is 17.3 Å². The Morgan fingerprint density at radius 2 is 1.96 bits per heavy atom. The van der Waals surface area contributed by atoms with Crippen molar-refractivity contribution < 1.29 is 4.79 Å². The van der Waals surface area contributed by atoms with E-state index in [1.165, 1.54) is 11.8 Å². The third-order valence-electron chi connectivity index (χ3n) is 4.16. The molecule has 2 aromatic carbocycles. The van der Waals surface area contributed by atoms with Crippen molar-refractivity contribution in [1.29, 1.82) is 0 Å². The number of carbonyl (C=O) groups excluding carboxylic acids is 1. The van der Waals surface area contributed by atoms with Gasteiger partial charge in [-0.25, -0.2) is 4.98 Å². The topological polar surface area (TPSA) is 50.7 Å². The highest BCUT2D eigenvalue weighted by atomic mass is 32.2. The van der Waals surface area contributed by atoms with Gasteiger partial charge in [-0.3, -0.25) is 4.79 Å². The average Bonchev–Trinajstić information content (AvgIpc) is 3.20. The molecule has 0 saturated heterocycles. The van der Waals surface area contributed by atoms with E-state index in [0.29, 0.717) is 5.75 Å². The van der Waals surface area contributed by atoms with Crippen molar-refractivity contribution in [2.45, 2.75) is 18.6 Å². The summed E-state index contributed by atoms with van der Waals surface area (Å²) in [4.78, 5) is 20.5. The molecule has 4 aromatic rings. The minimum Gasteiger partial charge on any atom is -0.360 e. The van der Waals surface area contributed by atoms with Gasteiger partial charge in [0.2, 0.25) is 0 Å². The van der Waals surface area contributed by atoms with E-state index in [1.807, 2.05) is 42.5 Å². The van der Waals surface area contributed by atoms with Crippen molar-refractivity contribution in [3.63, 3.8) is 0 Å². The van der Waals surface area contributed by atoms with E-state index in [-0.39, 0.29) is 5.78 Å². The highest BCUT2D eigenvalue weighted by Crippen LogP contribution is 2.26. The van der Waals surface area contributed by atoms with E-state index >= 15 is 0 Å². The Morgan fingerprint density at radius 3 is 2.83 bits per heavy atom. The number of benzene rings is 2. The average molecular weight is 335 g/mol. The molecule has 4 nitrogen and oxygen atoms in total. The zero-order chi connectivity index (χ0) is 16.5. The molecule has 0 radical (unpaired) electrons. The molecule has 5 heteroatoms. The molecule has 0 aliphatic heterocycles. The first kappa shape index (κ1) is 15.0. The van der Waals surface area contributed by atoms with Gasteiger partial charge in [-0.05, 0) is 25.1 Å². The lowest BCUT2D eigenvalue weighted by Crippen LogP contribution is -2.04. The lowest BCUT2D eigenvalue weighted by Gasteiger charge is -2.05. The van der Waals surface area contributed by atoms with E-state index in [1.54, 1.807) is 6.20 Å². The summed E-state index contributed by atoms with van der Waals surface area (Å²) in [5.41, 5.74) is 3.83. The second-order valence-electron chi connectivity index (χ2n) is 5.59. The molecule has 0 saturated carbocycles. The first-order valence-corrected chi connectivity index (χ1v) is 8.94. The summed E-state index contributed by atoms with van der Waals surface area (Å²) in [5.74, 6) is 0.498. The fraction of sp³-hybridized carbons (Fsp3) is 0.158. The molecule has 0 spiro atoms. The number of nitrogens with one attached hydrogen (secondary N) is 1. The molecule has 0 fully saturated rings. The minimum atomic E-state index is 0.118. The zero-order valence-corrected chi connectivity index (χ0v) is 14.1. The minimum absolute atomic E-state index is 0.118. The predicted octanol–water partition coefficient (Wildman–Crippen LogP) is 4.51. The lowest BCUT2D eigenvalue weighted by atomic mass is 10.1. The summed E-state index contributed by atoms with van der Waals surface area (Å²) in [7, 11) is 0. The number of nitrogens with zero attached hydrogens (tertiary/aromatic N) is 2. The zero-order valence-electron chi connectivity index (χ0n) is 13.3. The lowest BCUT2D eigenvalue weighted by molar-refractivity contribution is 0.102. The molecule has 24 heavy (non-hydrogen) atoms. The summed E-state index contributed by atoms with van der Waals surface area (Å²) in [6, 6.07) is 16.0. The SMILES string of the molecule is CCn1c(SCC(=O)c2c[nH]c3ccccc23)nc2ccccc21. The van der Waals surface area contributed by atoms with Crippen molar-refractivity contribution in [3.05, 3.63) is 60.3 Å². The molecule has 0 aliphatic carbocycles. The van der Waals surface area contributed by atoms with Crippen molar-refractivity contribution in [1.82, 2.24) is 14.5 Å². The second-order valence-corrected chi connectivity index (χ2v) is 6.53. The summed E-state index contributed by atoms with van der Waals surface area (Å²) < 4.78 is 2.16. The van der Waals surface area contributed by atoms with Crippen LogP contribution in [-0.2, 0) is 6.54 Å². The molecule has 4 rings (SSSR count). The van der Waals surface area contributed by atoms with Crippen LogP contribution in [0.15, 0.2) is 59.9 Å². The standard InChI is InChI=1S/C19H17N3OS/c1-2-22-17-10-6-5-9-16(17)21-19(22)24-12-18(23)14-11-20-15-8-4-3-7-13(14)15/h3-11,20H,2,12H2,1H3. The number of fused-ring (bicyclic) bond motifs is 2. The van der Waals surface area contributed by atoms with Gasteiger partial charge in [-0.15, -0.1) is 0 Å². The summed E-state index contributed by atoms with van der Waals surface area (Å²) in [6.07, 6.45) is 1.80. The fourth-order valence-corrected chi connectivity index (χ4v) is 3.94. The van der Waals surface area contributed by atoms with Crippen LogP contribution in [0.25, 0.3) is 21.9 Å². The molecule has 120 valence electrons. The molecule has 0 aliphatic rings. The highest BCUT2D eigenvalue weighted by Gasteiger charge is 2.15. The van der Waals surface area contributed by atoms with Gasteiger partial charge in [0, 0.05) is 29.2 Å². The number of aromatic nitrogens is 3.